The minimum Gasteiger partial charge on any atom is -0.370 e. The van der Waals surface area contributed by atoms with E-state index >= 15 is 0 Å². The second-order valence-electron chi connectivity index (χ2n) is 4.05. The summed E-state index contributed by atoms with van der Waals surface area (Å²) in [7, 11) is 0. The highest BCUT2D eigenvalue weighted by Crippen LogP contribution is 2.18. The van der Waals surface area contributed by atoms with Gasteiger partial charge >= 0.3 is 0 Å². The van der Waals surface area contributed by atoms with Crippen LogP contribution in [-0.4, -0.2) is 16.5 Å². The second kappa shape index (κ2) is 6.50. The second-order valence-corrected chi connectivity index (χ2v) is 4.91. The van der Waals surface area contributed by atoms with Crippen molar-refractivity contribution >= 4 is 21.7 Å². The molecule has 1 aromatic heterocycles. The lowest BCUT2D eigenvalue weighted by Gasteiger charge is -2.06. The first-order chi connectivity index (χ1) is 8.79. The Labute approximate surface area is 116 Å². The maximum Gasteiger partial charge on any atom is 0.135 e. The highest BCUT2D eigenvalue weighted by Gasteiger charge is 2.03. The molecule has 0 aliphatic heterocycles. The van der Waals surface area contributed by atoms with E-state index in [1.165, 1.54) is 5.56 Å². The van der Waals surface area contributed by atoms with Crippen LogP contribution in [0.1, 0.15) is 24.7 Å². The van der Waals surface area contributed by atoms with E-state index in [9.17, 15) is 0 Å². The van der Waals surface area contributed by atoms with Crippen LogP contribution in [0.15, 0.2) is 41.0 Å². The average Bonchev–Trinajstić information content (AvgIpc) is 2.40. The zero-order valence-electron chi connectivity index (χ0n) is 10.4. The quantitative estimate of drug-likeness (QED) is 0.916. The molecular weight excluding hydrogens is 290 g/mol. The molecule has 0 aliphatic carbocycles. The molecule has 0 spiro atoms. The van der Waals surface area contributed by atoms with Crippen molar-refractivity contribution < 1.29 is 0 Å². The molecule has 0 atom stereocenters. The number of rotatable bonds is 5. The summed E-state index contributed by atoms with van der Waals surface area (Å²) in [6.07, 6.45) is 3.63. The van der Waals surface area contributed by atoms with Crippen LogP contribution in [0.25, 0.3) is 0 Å². The first-order valence-electron chi connectivity index (χ1n) is 6.09. The SMILES string of the molecule is CCCNc1ccnc(Cc2ccccc2Br)n1. The number of nitrogens with one attached hydrogen (secondary N) is 1. The standard InChI is InChI=1S/C14H16BrN3/c1-2-8-16-13-7-9-17-14(18-13)10-11-5-3-4-6-12(11)15/h3-7,9H,2,8,10H2,1H3,(H,16,17,18). The van der Waals surface area contributed by atoms with Crippen LogP contribution in [0.4, 0.5) is 5.82 Å². The Morgan fingerprint density at radius 2 is 2.06 bits per heavy atom. The molecule has 1 aromatic carbocycles. The molecule has 2 rings (SSSR count). The molecular formula is C14H16BrN3. The Balaban J connectivity index is 2.12. The average molecular weight is 306 g/mol. The van der Waals surface area contributed by atoms with Crippen molar-refractivity contribution in [2.24, 2.45) is 0 Å². The van der Waals surface area contributed by atoms with Crippen molar-refractivity contribution in [1.82, 2.24) is 9.97 Å². The first kappa shape index (κ1) is 13.0. The van der Waals surface area contributed by atoms with Crippen molar-refractivity contribution in [3.63, 3.8) is 0 Å². The van der Waals surface area contributed by atoms with Crippen molar-refractivity contribution in [3.8, 4) is 0 Å². The van der Waals surface area contributed by atoms with Gasteiger partial charge in [-0.25, -0.2) is 9.97 Å². The molecule has 18 heavy (non-hydrogen) atoms. The lowest BCUT2D eigenvalue weighted by molar-refractivity contribution is 0.930. The van der Waals surface area contributed by atoms with Crippen LogP contribution in [-0.2, 0) is 6.42 Å². The van der Waals surface area contributed by atoms with Gasteiger partial charge in [-0.15, -0.1) is 0 Å². The summed E-state index contributed by atoms with van der Waals surface area (Å²) >= 11 is 3.54. The minimum absolute atomic E-state index is 0.739. The highest BCUT2D eigenvalue weighted by molar-refractivity contribution is 9.10. The fourth-order valence-electron chi connectivity index (χ4n) is 1.65. The molecule has 3 nitrogen and oxygen atoms in total. The maximum absolute atomic E-state index is 4.50. The number of hydrogen-bond acceptors (Lipinski definition) is 3. The van der Waals surface area contributed by atoms with Crippen molar-refractivity contribution in [2.45, 2.75) is 19.8 Å². The molecule has 0 saturated carbocycles. The van der Waals surface area contributed by atoms with Crippen LogP contribution >= 0.6 is 15.9 Å². The van der Waals surface area contributed by atoms with E-state index in [-0.39, 0.29) is 0 Å². The van der Waals surface area contributed by atoms with E-state index in [0.29, 0.717) is 0 Å². The molecule has 0 saturated heterocycles. The summed E-state index contributed by atoms with van der Waals surface area (Å²) in [6.45, 7) is 3.07. The van der Waals surface area contributed by atoms with Crippen molar-refractivity contribution in [1.29, 1.82) is 0 Å². The smallest absolute Gasteiger partial charge is 0.135 e. The molecule has 0 unspecified atom stereocenters. The monoisotopic (exact) mass is 305 g/mol. The Bertz CT molecular complexity index is 514. The maximum atomic E-state index is 4.50. The third kappa shape index (κ3) is 3.53. The van der Waals surface area contributed by atoms with E-state index in [0.717, 1.165) is 35.5 Å². The normalized spacial score (nSPS) is 10.3. The van der Waals surface area contributed by atoms with Crippen molar-refractivity contribution in [2.75, 3.05) is 11.9 Å². The number of anilines is 1. The topological polar surface area (TPSA) is 37.8 Å². The molecule has 0 bridgehead atoms. The minimum atomic E-state index is 0.739. The van der Waals surface area contributed by atoms with Crippen LogP contribution in [0.3, 0.4) is 0 Å². The number of halogens is 1. The summed E-state index contributed by atoms with van der Waals surface area (Å²) in [5.74, 6) is 1.73. The lowest BCUT2D eigenvalue weighted by atomic mass is 10.1. The van der Waals surface area contributed by atoms with E-state index in [4.69, 9.17) is 0 Å². The van der Waals surface area contributed by atoms with E-state index in [2.05, 4.69) is 44.2 Å². The molecule has 4 heteroatoms. The zero-order chi connectivity index (χ0) is 12.8. The Morgan fingerprint density at radius 1 is 1.22 bits per heavy atom. The third-order valence-electron chi connectivity index (χ3n) is 2.57. The summed E-state index contributed by atoms with van der Waals surface area (Å²) in [4.78, 5) is 8.82. The van der Waals surface area contributed by atoms with E-state index in [1.54, 1.807) is 6.20 Å². The van der Waals surface area contributed by atoms with Gasteiger partial charge < -0.3 is 5.32 Å². The van der Waals surface area contributed by atoms with Crippen LogP contribution < -0.4 is 5.32 Å². The van der Waals surface area contributed by atoms with Gasteiger partial charge in [0.05, 0.1) is 0 Å². The molecule has 0 radical (unpaired) electrons. The lowest BCUT2D eigenvalue weighted by Crippen LogP contribution is -2.05. The van der Waals surface area contributed by atoms with Gasteiger partial charge in [-0.2, -0.15) is 0 Å². The number of benzene rings is 1. The zero-order valence-corrected chi connectivity index (χ0v) is 11.9. The van der Waals surface area contributed by atoms with Gasteiger partial charge in [0.25, 0.3) is 0 Å². The van der Waals surface area contributed by atoms with Crippen LogP contribution in [0.5, 0.6) is 0 Å². The van der Waals surface area contributed by atoms with Gasteiger partial charge in [0.15, 0.2) is 0 Å². The number of nitrogens with zero attached hydrogens (tertiary/aromatic N) is 2. The molecule has 2 aromatic rings. The summed E-state index contributed by atoms with van der Waals surface area (Å²) in [6, 6.07) is 10.1. The van der Waals surface area contributed by atoms with E-state index in [1.807, 2.05) is 24.3 Å². The van der Waals surface area contributed by atoms with Crippen molar-refractivity contribution in [3.05, 3.63) is 52.4 Å². The third-order valence-corrected chi connectivity index (χ3v) is 3.34. The van der Waals surface area contributed by atoms with Gasteiger partial charge in [0, 0.05) is 23.6 Å². The number of hydrogen-bond donors (Lipinski definition) is 1. The molecule has 1 heterocycles. The van der Waals surface area contributed by atoms with Gasteiger partial charge in [0.2, 0.25) is 0 Å². The predicted octanol–water partition coefficient (Wildman–Crippen LogP) is 3.65. The molecule has 0 fully saturated rings. The van der Waals surface area contributed by atoms with Gasteiger partial charge in [-0.1, -0.05) is 41.1 Å². The largest absolute Gasteiger partial charge is 0.370 e. The summed E-state index contributed by atoms with van der Waals surface area (Å²) in [5.41, 5.74) is 1.20. The van der Waals surface area contributed by atoms with Gasteiger partial charge in [0.1, 0.15) is 11.6 Å². The molecule has 0 amide bonds. The Hall–Kier alpha value is -1.42. The van der Waals surface area contributed by atoms with Gasteiger partial charge in [-0.3, -0.25) is 0 Å². The van der Waals surface area contributed by atoms with Crippen LogP contribution in [0, 0.1) is 0 Å². The number of aromatic nitrogens is 2. The van der Waals surface area contributed by atoms with Gasteiger partial charge in [-0.05, 0) is 24.1 Å². The fraction of sp³-hybridized carbons (Fsp3) is 0.286. The Morgan fingerprint density at radius 3 is 2.83 bits per heavy atom. The molecule has 0 aliphatic rings. The van der Waals surface area contributed by atoms with Crippen LogP contribution in [0.2, 0.25) is 0 Å². The molecule has 94 valence electrons. The summed E-state index contributed by atoms with van der Waals surface area (Å²) < 4.78 is 1.10. The molecule has 1 N–H and O–H groups in total. The van der Waals surface area contributed by atoms with E-state index < -0.39 is 0 Å². The first-order valence-corrected chi connectivity index (χ1v) is 6.88. The summed E-state index contributed by atoms with van der Waals surface area (Å²) in [5, 5.41) is 3.27. The highest BCUT2D eigenvalue weighted by atomic mass is 79.9. The predicted molar refractivity (Wildman–Crippen MR) is 77.8 cm³/mol. The Kier molecular flexibility index (Phi) is 4.70. The fourth-order valence-corrected chi connectivity index (χ4v) is 2.07.